The summed E-state index contributed by atoms with van der Waals surface area (Å²) in [6, 6.07) is -0.522. The molecule has 0 saturated heterocycles. The SMILES string of the molecule is CC(C)CC(CS)C(=O)NCC(=O)NCC(=O)N[C@@H](CC(C)C)C(=O)[AsH2]. The molecule has 9 heteroatoms. The van der Waals surface area contributed by atoms with Crippen molar-refractivity contribution >= 4 is 51.8 Å². The van der Waals surface area contributed by atoms with E-state index < -0.39 is 17.9 Å². The molecule has 2 unspecified atom stereocenters. The van der Waals surface area contributed by atoms with Crippen LogP contribution in [0.25, 0.3) is 0 Å². The third-order valence-electron chi connectivity index (χ3n) is 3.60. The van der Waals surface area contributed by atoms with E-state index in [0.29, 0.717) is 24.5 Å². The van der Waals surface area contributed by atoms with E-state index in [1.54, 1.807) is 0 Å². The van der Waals surface area contributed by atoms with Gasteiger partial charge < -0.3 is 0 Å². The van der Waals surface area contributed by atoms with Gasteiger partial charge in [-0.1, -0.05) is 13.8 Å². The zero-order chi connectivity index (χ0) is 20.3. The average molecular weight is 449 g/mol. The van der Waals surface area contributed by atoms with Crippen LogP contribution in [0.5, 0.6) is 0 Å². The van der Waals surface area contributed by atoms with Gasteiger partial charge in [-0.05, 0) is 5.92 Å². The van der Waals surface area contributed by atoms with Crippen molar-refractivity contribution in [1.82, 2.24) is 16.0 Å². The number of thiol groups is 1. The molecule has 3 N–H and O–H groups in total. The first kappa shape index (κ1) is 25.0. The zero-order valence-electron chi connectivity index (χ0n) is 16.0. The van der Waals surface area contributed by atoms with Crippen molar-refractivity contribution in [2.45, 2.75) is 46.6 Å². The van der Waals surface area contributed by atoms with E-state index in [-0.39, 0.29) is 35.4 Å². The molecule has 0 spiro atoms. The Bertz CT molecular complexity index is 500. The topological polar surface area (TPSA) is 104 Å². The summed E-state index contributed by atoms with van der Waals surface area (Å²) in [4.78, 5) is 47.3. The quantitative estimate of drug-likeness (QED) is 0.238. The van der Waals surface area contributed by atoms with Gasteiger partial charge in [-0.2, -0.15) is 12.6 Å². The van der Waals surface area contributed by atoms with Gasteiger partial charge in [0.1, 0.15) is 0 Å². The second-order valence-electron chi connectivity index (χ2n) is 7.16. The van der Waals surface area contributed by atoms with Crippen molar-refractivity contribution in [1.29, 1.82) is 0 Å². The van der Waals surface area contributed by atoms with Crippen LogP contribution < -0.4 is 16.0 Å². The maximum absolute atomic E-state index is 12.0. The molecule has 0 rings (SSSR count). The molecule has 0 aromatic rings. The van der Waals surface area contributed by atoms with E-state index in [0.717, 1.165) is 16.9 Å². The first-order chi connectivity index (χ1) is 12.1. The van der Waals surface area contributed by atoms with Crippen LogP contribution in [0.4, 0.5) is 0 Å². The van der Waals surface area contributed by atoms with Crippen molar-refractivity contribution in [3.8, 4) is 0 Å². The summed E-state index contributed by atoms with van der Waals surface area (Å²) in [6.07, 6.45) is 1.26. The fraction of sp³-hybridized carbons (Fsp3) is 0.765. The van der Waals surface area contributed by atoms with Gasteiger partial charge in [0.15, 0.2) is 0 Å². The Balaban J connectivity index is 4.26. The number of amides is 3. The van der Waals surface area contributed by atoms with E-state index in [2.05, 4.69) is 28.6 Å². The number of hydrogen-bond donors (Lipinski definition) is 4. The Morgan fingerprint density at radius 1 is 0.885 bits per heavy atom. The molecule has 26 heavy (non-hydrogen) atoms. The van der Waals surface area contributed by atoms with Crippen LogP contribution in [0.1, 0.15) is 40.5 Å². The molecule has 3 amide bonds. The van der Waals surface area contributed by atoms with Crippen LogP contribution in [0.3, 0.4) is 0 Å². The van der Waals surface area contributed by atoms with Crippen molar-refractivity contribution in [3.63, 3.8) is 0 Å². The van der Waals surface area contributed by atoms with Gasteiger partial charge in [-0.25, -0.2) is 0 Å². The van der Waals surface area contributed by atoms with Crippen LogP contribution >= 0.6 is 12.6 Å². The van der Waals surface area contributed by atoms with Crippen LogP contribution in [-0.4, -0.2) is 64.0 Å². The molecule has 0 aliphatic rings. The van der Waals surface area contributed by atoms with Crippen LogP contribution in [0.15, 0.2) is 0 Å². The molecule has 0 fully saturated rings. The van der Waals surface area contributed by atoms with E-state index in [9.17, 15) is 19.2 Å². The molecule has 0 aliphatic carbocycles. The minimum atomic E-state index is -0.522. The maximum atomic E-state index is 12.0. The van der Waals surface area contributed by atoms with Crippen molar-refractivity contribution < 1.29 is 19.2 Å². The minimum absolute atomic E-state index is 0.0545. The number of carbonyl (C=O) groups excluding carboxylic acids is 4. The number of nitrogens with one attached hydrogen (secondary N) is 3. The van der Waals surface area contributed by atoms with E-state index in [1.807, 2.05) is 27.7 Å². The van der Waals surface area contributed by atoms with Gasteiger partial charge in [-0.3, -0.25) is 0 Å². The molecule has 0 radical (unpaired) electrons. The summed E-state index contributed by atoms with van der Waals surface area (Å²) in [5.74, 6) is -0.296. The number of rotatable bonds is 12. The van der Waals surface area contributed by atoms with Gasteiger partial charge in [0.05, 0.1) is 0 Å². The summed E-state index contributed by atoms with van der Waals surface area (Å²) < 4.78 is -0.0545. The zero-order valence-corrected chi connectivity index (χ0v) is 19.3. The second kappa shape index (κ2) is 13.2. The Morgan fingerprint density at radius 3 is 1.88 bits per heavy atom. The molecule has 0 aromatic heterocycles. The van der Waals surface area contributed by atoms with Crippen LogP contribution in [0.2, 0.25) is 0 Å². The summed E-state index contributed by atoms with van der Waals surface area (Å²) >= 11 is 5.12. The van der Waals surface area contributed by atoms with Gasteiger partial charge >= 0.3 is 138 Å². The molecule has 3 atom stereocenters. The monoisotopic (exact) mass is 449 g/mol. The Labute approximate surface area is 170 Å². The number of carbonyl (C=O) groups is 4. The van der Waals surface area contributed by atoms with Crippen molar-refractivity contribution in [3.05, 3.63) is 0 Å². The number of hydrogen-bond acceptors (Lipinski definition) is 5. The van der Waals surface area contributed by atoms with Gasteiger partial charge in [0.25, 0.3) is 0 Å². The van der Waals surface area contributed by atoms with E-state index in [1.165, 1.54) is 0 Å². The summed E-state index contributed by atoms with van der Waals surface area (Å²) in [5.41, 5.74) is 0. The van der Waals surface area contributed by atoms with Gasteiger partial charge in [0, 0.05) is 0 Å². The van der Waals surface area contributed by atoms with Crippen LogP contribution in [-0.2, 0) is 19.2 Å². The molecule has 150 valence electrons. The van der Waals surface area contributed by atoms with Gasteiger partial charge in [-0.15, -0.1) is 0 Å². The third-order valence-corrected chi connectivity index (χ3v) is 4.89. The molecule has 0 heterocycles. The molecule has 7 nitrogen and oxygen atoms in total. The fourth-order valence-corrected chi connectivity index (χ4v) is 3.12. The first-order valence-corrected chi connectivity index (χ1v) is 10.6. The predicted octanol–water partition coefficient (Wildman–Crippen LogP) is -0.498. The second-order valence-corrected chi connectivity index (χ2v) is 8.71. The van der Waals surface area contributed by atoms with Crippen LogP contribution in [0, 0.1) is 17.8 Å². The molecule has 0 bridgehead atoms. The molecular formula is C17H32AsN3O4S. The normalized spacial score (nSPS) is 13.2. The standard InChI is InChI=1S/C17H32AsN3O4S/c1-10(2)5-12(9-26)17(25)20-7-14(22)19-8-15(23)21-13(16(18)24)6-11(3)4/h10-13,26H,5-9,18H2,1-4H3,(H,19,22)(H,20,25)(H,21,23)/t12?,13-/m0/s1. The van der Waals surface area contributed by atoms with Gasteiger partial charge in [0.2, 0.25) is 0 Å². The summed E-state index contributed by atoms with van der Waals surface area (Å²) in [6.45, 7) is 7.55. The Morgan fingerprint density at radius 2 is 1.42 bits per heavy atom. The molecule has 0 aromatic carbocycles. The average Bonchev–Trinajstić information content (AvgIpc) is 2.54. The van der Waals surface area contributed by atoms with Crippen molar-refractivity contribution in [2.75, 3.05) is 18.8 Å². The molecular weight excluding hydrogens is 417 g/mol. The molecule has 0 aliphatic heterocycles. The third kappa shape index (κ3) is 11.6. The Kier molecular flexibility index (Phi) is 12.7. The summed E-state index contributed by atoms with van der Waals surface area (Å²) in [7, 11) is 0. The predicted molar refractivity (Wildman–Crippen MR) is 108 cm³/mol. The summed E-state index contributed by atoms with van der Waals surface area (Å²) in [5, 5.41) is 7.64. The first-order valence-electron chi connectivity index (χ1n) is 8.80. The molecule has 0 saturated carbocycles. The fourth-order valence-electron chi connectivity index (χ4n) is 2.35. The van der Waals surface area contributed by atoms with E-state index in [4.69, 9.17) is 0 Å². The van der Waals surface area contributed by atoms with E-state index >= 15 is 0 Å². The Hall–Kier alpha value is -1.01. The van der Waals surface area contributed by atoms with Crippen molar-refractivity contribution in [2.24, 2.45) is 17.8 Å².